The molecule has 0 fully saturated rings. The molecule has 1 amide bonds. The summed E-state index contributed by atoms with van der Waals surface area (Å²) >= 11 is 5.74. The van der Waals surface area contributed by atoms with Gasteiger partial charge >= 0.3 is 5.97 Å². The number of phenolic OH excluding ortho intramolecular Hbond substituents is 1. The summed E-state index contributed by atoms with van der Waals surface area (Å²) in [7, 11) is 0. The minimum absolute atomic E-state index is 0.0799. The van der Waals surface area contributed by atoms with Crippen molar-refractivity contribution in [2.24, 2.45) is 5.92 Å². The average Bonchev–Trinajstić information content (AvgIpc) is 2.30. The fourth-order valence-corrected chi connectivity index (χ4v) is 2.07. The highest BCUT2D eigenvalue weighted by Crippen LogP contribution is 2.23. The van der Waals surface area contributed by atoms with Crippen LogP contribution in [0.1, 0.15) is 37.0 Å². The molecule has 0 aliphatic heterocycles. The zero-order valence-electron chi connectivity index (χ0n) is 11.4. The highest BCUT2D eigenvalue weighted by atomic mass is 35.5. The Hall–Kier alpha value is -1.75. The van der Waals surface area contributed by atoms with Crippen molar-refractivity contribution in [3.05, 3.63) is 28.8 Å². The summed E-state index contributed by atoms with van der Waals surface area (Å²) in [5.74, 6) is -1.20. The zero-order chi connectivity index (χ0) is 15.3. The molecule has 0 radical (unpaired) electrons. The molecule has 0 aliphatic carbocycles. The molecule has 3 N–H and O–H groups in total. The Morgan fingerprint density at radius 1 is 1.35 bits per heavy atom. The molecule has 1 rings (SSSR count). The fraction of sp³-hybridized carbons (Fsp3) is 0.429. The minimum Gasteiger partial charge on any atom is -0.506 e. The number of amides is 1. The number of hydrogen-bond donors (Lipinski definition) is 3. The number of carbonyl (C=O) groups is 2. The lowest BCUT2D eigenvalue weighted by molar-refractivity contribution is -0.137. The van der Waals surface area contributed by atoms with Crippen molar-refractivity contribution in [2.45, 2.75) is 32.7 Å². The zero-order valence-corrected chi connectivity index (χ0v) is 12.1. The first kappa shape index (κ1) is 16.3. The van der Waals surface area contributed by atoms with Crippen LogP contribution < -0.4 is 5.32 Å². The van der Waals surface area contributed by atoms with Gasteiger partial charge in [-0.05, 0) is 30.5 Å². The van der Waals surface area contributed by atoms with Gasteiger partial charge in [0.05, 0.1) is 11.4 Å². The van der Waals surface area contributed by atoms with Crippen LogP contribution in [0.4, 0.5) is 0 Å². The van der Waals surface area contributed by atoms with E-state index in [4.69, 9.17) is 16.7 Å². The number of carboxylic acids is 1. The van der Waals surface area contributed by atoms with Crippen LogP contribution in [0.5, 0.6) is 5.75 Å². The van der Waals surface area contributed by atoms with E-state index in [0.29, 0.717) is 6.42 Å². The Morgan fingerprint density at radius 3 is 2.50 bits per heavy atom. The minimum atomic E-state index is -0.959. The van der Waals surface area contributed by atoms with Crippen LogP contribution in [0, 0.1) is 5.92 Å². The molecule has 0 unspecified atom stereocenters. The molecule has 110 valence electrons. The number of halogens is 1. The van der Waals surface area contributed by atoms with Crippen LogP contribution in [0.15, 0.2) is 18.2 Å². The standard InChI is InChI=1S/C14H18ClNO4/c1-8(2)5-10(7-13(18)19)16-14(20)9-3-4-12(17)11(15)6-9/h3-4,6,8,10,17H,5,7H2,1-2H3,(H,16,20)(H,18,19)/t10-/m0/s1. The largest absolute Gasteiger partial charge is 0.506 e. The van der Waals surface area contributed by atoms with Gasteiger partial charge in [-0.25, -0.2) is 0 Å². The molecule has 20 heavy (non-hydrogen) atoms. The third kappa shape index (κ3) is 5.09. The summed E-state index contributed by atoms with van der Waals surface area (Å²) in [6.45, 7) is 3.91. The Kier molecular flexibility index (Phi) is 5.82. The predicted molar refractivity (Wildman–Crippen MR) is 76.1 cm³/mol. The normalized spacial score (nSPS) is 12.2. The van der Waals surface area contributed by atoms with Gasteiger partial charge in [0.25, 0.3) is 5.91 Å². The summed E-state index contributed by atoms with van der Waals surface area (Å²) in [4.78, 5) is 22.8. The Labute approximate surface area is 122 Å². The Bertz CT molecular complexity index is 502. The van der Waals surface area contributed by atoms with Crippen LogP contribution in [0.3, 0.4) is 0 Å². The van der Waals surface area contributed by atoms with Gasteiger partial charge in [0.15, 0.2) is 0 Å². The van der Waals surface area contributed by atoms with Gasteiger partial charge in [-0.1, -0.05) is 25.4 Å². The number of nitrogens with one attached hydrogen (secondary N) is 1. The van der Waals surface area contributed by atoms with Crippen molar-refractivity contribution in [3.8, 4) is 5.75 Å². The van der Waals surface area contributed by atoms with Crippen molar-refractivity contribution in [1.82, 2.24) is 5.32 Å². The number of benzene rings is 1. The third-order valence-corrected chi connectivity index (χ3v) is 3.02. The molecule has 0 spiro atoms. The van der Waals surface area contributed by atoms with Crippen LogP contribution in [0.2, 0.25) is 5.02 Å². The van der Waals surface area contributed by atoms with Crippen molar-refractivity contribution in [1.29, 1.82) is 0 Å². The molecular weight excluding hydrogens is 282 g/mol. The van der Waals surface area contributed by atoms with Crippen LogP contribution in [0.25, 0.3) is 0 Å². The number of hydrogen-bond acceptors (Lipinski definition) is 3. The average molecular weight is 300 g/mol. The summed E-state index contributed by atoms with van der Waals surface area (Å²) in [5.41, 5.74) is 0.284. The lowest BCUT2D eigenvalue weighted by Crippen LogP contribution is -2.37. The molecular formula is C14H18ClNO4. The lowest BCUT2D eigenvalue weighted by atomic mass is 10.0. The smallest absolute Gasteiger partial charge is 0.305 e. The quantitative estimate of drug-likeness (QED) is 0.753. The second kappa shape index (κ2) is 7.14. The topological polar surface area (TPSA) is 86.6 Å². The maximum absolute atomic E-state index is 12.0. The molecule has 0 aromatic heterocycles. The maximum atomic E-state index is 12.0. The van der Waals surface area contributed by atoms with E-state index in [1.54, 1.807) is 0 Å². The van der Waals surface area contributed by atoms with E-state index in [1.807, 2.05) is 13.8 Å². The SMILES string of the molecule is CC(C)C[C@@H](CC(=O)O)NC(=O)c1ccc(O)c(Cl)c1. The molecule has 0 heterocycles. The summed E-state index contributed by atoms with van der Waals surface area (Å²) in [6.07, 6.45) is 0.444. The van der Waals surface area contributed by atoms with Gasteiger partial charge in [-0.3, -0.25) is 9.59 Å². The maximum Gasteiger partial charge on any atom is 0.305 e. The van der Waals surface area contributed by atoms with Crippen molar-refractivity contribution in [3.63, 3.8) is 0 Å². The van der Waals surface area contributed by atoms with E-state index < -0.39 is 17.9 Å². The molecule has 0 saturated heterocycles. The molecule has 6 heteroatoms. The molecule has 0 aliphatic rings. The summed E-state index contributed by atoms with van der Waals surface area (Å²) < 4.78 is 0. The van der Waals surface area contributed by atoms with Crippen LogP contribution >= 0.6 is 11.6 Å². The highest BCUT2D eigenvalue weighted by Gasteiger charge is 2.18. The molecule has 0 saturated carbocycles. The first-order valence-electron chi connectivity index (χ1n) is 6.30. The van der Waals surface area contributed by atoms with E-state index in [2.05, 4.69) is 5.32 Å². The van der Waals surface area contributed by atoms with Gasteiger partial charge < -0.3 is 15.5 Å². The molecule has 1 aromatic carbocycles. The molecule has 1 aromatic rings. The molecule has 1 atom stereocenters. The van der Waals surface area contributed by atoms with Crippen LogP contribution in [-0.2, 0) is 4.79 Å². The second-order valence-corrected chi connectivity index (χ2v) is 5.47. The summed E-state index contributed by atoms with van der Waals surface area (Å²) in [5, 5.41) is 20.9. The number of aliphatic carboxylic acids is 1. The lowest BCUT2D eigenvalue weighted by Gasteiger charge is -2.19. The van der Waals surface area contributed by atoms with Gasteiger partial charge in [0.1, 0.15) is 5.75 Å². The van der Waals surface area contributed by atoms with E-state index in [-0.39, 0.29) is 28.7 Å². The molecule has 5 nitrogen and oxygen atoms in total. The van der Waals surface area contributed by atoms with Gasteiger partial charge in [-0.15, -0.1) is 0 Å². The number of phenols is 1. The molecule has 0 bridgehead atoms. The van der Waals surface area contributed by atoms with Crippen molar-refractivity contribution in [2.75, 3.05) is 0 Å². The highest BCUT2D eigenvalue weighted by molar-refractivity contribution is 6.32. The van der Waals surface area contributed by atoms with Crippen molar-refractivity contribution < 1.29 is 19.8 Å². The first-order valence-corrected chi connectivity index (χ1v) is 6.68. The third-order valence-electron chi connectivity index (χ3n) is 2.72. The van der Waals surface area contributed by atoms with Gasteiger partial charge in [-0.2, -0.15) is 0 Å². The van der Waals surface area contributed by atoms with Gasteiger partial charge in [0, 0.05) is 11.6 Å². The number of carboxylic acid groups (broad SMARTS) is 1. The number of carbonyl (C=O) groups excluding carboxylic acids is 1. The second-order valence-electron chi connectivity index (χ2n) is 5.06. The fourth-order valence-electron chi connectivity index (χ4n) is 1.89. The van der Waals surface area contributed by atoms with Crippen molar-refractivity contribution >= 4 is 23.5 Å². The monoisotopic (exact) mass is 299 g/mol. The first-order chi connectivity index (χ1) is 9.29. The van der Waals surface area contributed by atoms with Gasteiger partial charge in [0.2, 0.25) is 0 Å². The summed E-state index contributed by atoms with van der Waals surface area (Å²) in [6, 6.07) is 3.67. The number of aromatic hydroxyl groups is 1. The van der Waals surface area contributed by atoms with E-state index in [0.717, 1.165) is 0 Å². The Morgan fingerprint density at radius 2 is 2.00 bits per heavy atom. The number of rotatable bonds is 6. The van der Waals surface area contributed by atoms with E-state index >= 15 is 0 Å². The van der Waals surface area contributed by atoms with Crippen LogP contribution in [-0.4, -0.2) is 28.1 Å². The van der Waals surface area contributed by atoms with E-state index in [9.17, 15) is 14.7 Å². The Balaban J connectivity index is 2.78. The van der Waals surface area contributed by atoms with E-state index in [1.165, 1.54) is 18.2 Å². The predicted octanol–water partition coefficient (Wildman–Crippen LogP) is 2.66.